The number of nitrogens with zero attached hydrogens (tertiary/aromatic N) is 2. The lowest BCUT2D eigenvalue weighted by Crippen LogP contribution is -2.52. The molecule has 1 saturated heterocycles. The Kier molecular flexibility index (Phi) is 4.49. The van der Waals surface area contributed by atoms with E-state index in [4.69, 9.17) is 0 Å². The molecule has 0 unspecified atom stereocenters. The van der Waals surface area contributed by atoms with Gasteiger partial charge in [-0.3, -0.25) is 4.79 Å². The molecule has 22 heavy (non-hydrogen) atoms. The van der Waals surface area contributed by atoms with Gasteiger partial charge in [0.2, 0.25) is 15.9 Å². The Balaban J connectivity index is 1.57. The molecule has 1 saturated carbocycles. The van der Waals surface area contributed by atoms with Crippen molar-refractivity contribution in [1.29, 1.82) is 0 Å². The lowest BCUT2D eigenvalue weighted by atomic mass is 9.84. The molecule has 0 aromatic heterocycles. The Bertz CT molecular complexity index is 618. The number of piperazine rings is 1. The summed E-state index contributed by atoms with van der Waals surface area (Å²) in [5.74, 6) is 0.434. The molecule has 120 valence electrons. The van der Waals surface area contributed by atoms with Crippen LogP contribution in [0, 0.1) is 5.92 Å². The van der Waals surface area contributed by atoms with Gasteiger partial charge in [-0.15, -0.1) is 0 Å². The fourth-order valence-corrected chi connectivity index (χ4v) is 4.49. The van der Waals surface area contributed by atoms with Crippen LogP contribution >= 0.6 is 0 Å². The van der Waals surface area contributed by atoms with Gasteiger partial charge in [0.05, 0.1) is 5.75 Å². The number of carbonyl (C=O) groups excluding carboxylic acids is 1. The van der Waals surface area contributed by atoms with E-state index in [1.165, 1.54) is 4.31 Å². The topological polar surface area (TPSA) is 57.7 Å². The van der Waals surface area contributed by atoms with E-state index in [1.54, 1.807) is 0 Å². The maximum atomic E-state index is 12.5. The zero-order valence-electron chi connectivity index (χ0n) is 12.6. The number of carbonyl (C=O) groups is 1. The third kappa shape index (κ3) is 3.33. The summed E-state index contributed by atoms with van der Waals surface area (Å²) in [4.78, 5) is 14.0. The van der Waals surface area contributed by atoms with Crippen LogP contribution in [-0.2, 0) is 20.6 Å². The number of sulfonamides is 1. The molecule has 0 bridgehead atoms. The third-order valence-electron chi connectivity index (χ3n) is 4.59. The van der Waals surface area contributed by atoms with Crippen LogP contribution in [0.25, 0.3) is 0 Å². The van der Waals surface area contributed by atoms with E-state index in [9.17, 15) is 13.2 Å². The minimum absolute atomic E-state index is 0.0322. The average Bonchev–Trinajstić information content (AvgIpc) is 2.46. The summed E-state index contributed by atoms with van der Waals surface area (Å²) in [7, 11) is -3.30. The van der Waals surface area contributed by atoms with E-state index in [0.717, 1.165) is 24.8 Å². The van der Waals surface area contributed by atoms with Crippen LogP contribution in [0.2, 0.25) is 0 Å². The van der Waals surface area contributed by atoms with Crippen molar-refractivity contribution in [2.45, 2.75) is 25.0 Å². The minimum Gasteiger partial charge on any atom is -0.340 e. The van der Waals surface area contributed by atoms with E-state index in [2.05, 4.69) is 0 Å². The molecule has 2 fully saturated rings. The summed E-state index contributed by atoms with van der Waals surface area (Å²) in [5.41, 5.74) is 0.801. The van der Waals surface area contributed by atoms with Gasteiger partial charge in [0.15, 0.2) is 0 Å². The van der Waals surface area contributed by atoms with Crippen LogP contribution in [-0.4, -0.2) is 49.7 Å². The minimum atomic E-state index is -3.30. The third-order valence-corrected chi connectivity index (χ3v) is 6.44. The van der Waals surface area contributed by atoms with Gasteiger partial charge in [-0.25, -0.2) is 8.42 Å². The summed E-state index contributed by atoms with van der Waals surface area (Å²) in [5, 5.41) is 0. The lowest BCUT2D eigenvalue weighted by molar-refractivity contribution is -0.139. The molecule has 1 heterocycles. The number of amides is 1. The van der Waals surface area contributed by atoms with Crippen molar-refractivity contribution in [3.8, 4) is 0 Å². The van der Waals surface area contributed by atoms with Gasteiger partial charge in [-0.05, 0) is 18.4 Å². The first-order valence-corrected chi connectivity index (χ1v) is 9.48. The monoisotopic (exact) mass is 322 g/mol. The average molecular weight is 322 g/mol. The normalized spacial score (nSPS) is 20.6. The van der Waals surface area contributed by atoms with Crippen molar-refractivity contribution in [2.75, 3.05) is 26.2 Å². The first kappa shape index (κ1) is 15.5. The van der Waals surface area contributed by atoms with Gasteiger partial charge in [-0.1, -0.05) is 36.8 Å². The zero-order valence-corrected chi connectivity index (χ0v) is 13.5. The smallest absolute Gasteiger partial charge is 0.225 e. The van der Waals surface area contributed by atoms with E-state index in [1.807, 2.05) is 35.2 Å². The van der Waals surface area contributed by atoms with Crippen LogP contribution in [0.3, 0.4) is 0 Å². The van der Waals surface area contributed by atoms with Crippen LogP contribution in [0.4, 0.5) is 0 Å². The molecule has 3 rings (SSSR count). The highest BCUT2D eigenvalue weighted by Gasteiger charge is 2.33. The molecule has 1 aliphatic heterocycles. The predicted molar refractivity (Wildman–Crippen MR) is 84.6 cm³/mol. The quantitative estimate of drug-likeness (QED) is 0.843. The van der Waals surface area contributed by atoms with Crippen molar-refractivity contribution in [1.82, 2.24) is 9.21 Å². The molecule has 0 radical (unpaired) electrons. The van der Waals surface area contributed by atoms with Crippen molar-refractivity contribution >= 4 is 15.9 Å². The van der Waals surface area contributed by atoms with Crippen LogP contribution in [0.15, 0.2) is 30.3 Å². The lowest BCUT2D eigenvalue weighted by Gasteiger charge is -2.37. The van der Waals surface area contributed by atoms with Crippen LogP contribution in [0.1, 0.15) is 24.8 Å². The SMILES string of the molecule is O=C(C1CCC1)N1CCN(S(=O)(=O)Cc2ccccc2)CC1. The molecule has 1 aromatic rings. The molecule has 6 heteroatoms. The first-order valence-electron chi connectivity index (χ1n) is 7.87. The highest BCUT2D eigenvalue weighted by Crippen LogP contribution is 2.28. The van der Waals surface area contributed by atoms with Gasteiger partial charge in [-0.2, -0.15) is 4.31 Å². The van der Waals surface area contributed by atoms with Crippen LogP contribution < -0.4 is 0 Å². The summed E-state index contributed by atoms with van der Waals surface area (Å²) < 4.78 is 26.4. The first-order chi connectivity index (χ1) is 10.6. The highest BCUT2D eigenvalue weighted by molar-refractivity contribution is 7.88. The van der Waals surface area contributed by atoms with Crippen LogP contribution in [0.5, 0.6) is 0 Å². The maximum Gasteiger partial charge on any atom is 0.225 e. The molecule has 2 aliphatic rings. The van der Waals surface area contributed by atoms with E-state index < -0.39 is 10.0 Å². The van der Waals surface area contributed by atoms with Gasteiger partial charge in [0.25, 0.3) is 0 Å². The second-order valence-corrected chi connectivity index (χ2v) is 8.06. The number of benzene rings is 1. The highest BCUT2D eigenvalue weighted by atomic mass is 32.2. The summed E-state index contributed by atoms with van der Waals surface area (Å²) in [6.45, 7) is 1.86. The molecule has 0 spiro atoms. The van der Waals surface area contributed by atoms with E-state index in [0.29, 0.717) is 26.2 Å². The Morgan fingerprint density at radius 2 is 1.68 bits per heavy atom. The Morgan fingerprint density at radius 3 is 2.23 bits per heavy atom. The molecule has 0 N–H and O–H groups in total. The van der Waals surface area contributed by atoms with Crippen molar-refractivity contribution < 1.29 is 13.2 Å². The Hall–Kier alpha value is -1.40. The zero-order chi connectivity index (χ0) is 15.6. The second-order valence-electron chi connectivity index (χ2n) is 6.09. The van der Waals surface area contributed by atoms with Gasteiger partial charge in [0, 0.05) is 32.1 Å². The van der Waals surface area contributed by atoms with Gasteiger partial charge < -0.3 is 4.90 Å². The largest absolute Gasteiger partial charge is 0.340 e. The molecule has 5 nitrogen and oxygen atoms in total. The second kappa shape index (κ2) is 6.38. The van der Waals surface area contributed by atoms with Crippen molar-refractivity contribution in [3.63, 3.8) is 0 Å². The maximum absolute atomic E-state index is 12.5. The standard InChI is InChI=1S/C16H22N2O3S/c19-16(15-7-4-8-15)17-9-11-18(12-10-17)22(20,21)13-14-5-2-1-3-6-14/h1-3,5-6,15H,4,7-13H2. The molecular formula is C16H22N2O3S. The fourth-order valence-electron chi connectivity index (χ4n) is 2.98. The molecular weight excluding hydrogens is 300 g/mol. The number of rotatable bonds is 4. The van der Waals surface area contributed by atoms with E-state index >= 15 is 0 Å². The summed E-state index contributed by atoms with van der Waals surface area (Å²) >= 11 is 0. The molecule has 1 amide bonds. The summed E-state index contributed by atoms with van der Waals surface area (Å²) in [6, 6.07) is 9.23. The molecule has 1 aromatic carbocycles. The van der Waals surface area contributed by atoms with Crippen molar-refractivity contribution in [3.05, 3.63) is 35.9 Å². The Labute approximate surface area is 132 Å². The van der Waals surface area contributed by atoms with Gasteiger partial charge in [0.1, 0.15) is 0 Å². The van der Waals surface area contributed by atoms with E-state index in [-0.39, 0.29) is 17.6 Å². The molecule has 0 atom stereocenters. The number of hydrogen-bond donors (Lipinski definition) is 0. The van der Waals surface area contributed by atoms with Gasteiger partial charge >= 0.3 is 0 Å². The molecule has 1 aliphatic carbocycles. The summed E-state index contributed by atoms with van der Waals surface area (Å²) in [6.07, 6.45) is 3.12. The number of hydrogen-bond acceptors (Lipinski definition) is 3. The Morgan fingerprint density at radius 1 is 1.05 bits per heavy atom. The fraction of sp³-hybridized carbons (Fsp3) is 0.562. The van der Waals surface area contributed by atoms with Crippen molar-refractivity contribution in [2.24, 2.45) is 5.92 Å². The predicted octanol–water partition coefficient (Wildman–Crippen LogP) is 1.46.